The number of hydrogen-bond acceptors (Lipinski definition) is 3. The van der Waals surface area contributed by atoms with E-state index in [2.05, 4.69) is 5.10 Å². The molecule has 0 unspecified atom stereocenters. The molecule has 0 saturated heterocycles. The molecule has 4 nitrogen and oxygen atoms in total. The first-order valence-corrected chi connectivity index (χ1v) is 6.52. The molecule has 1 aromatic heterocycles. The highest BCUT2D eigenvalue weighted by molar-refractivity contribution is 6.31. The molecule has 0 saturated carbocycles. The van der Waals surface area contributed by atoms with E-state index in [1.807, 2.05) is 18.2 Å². The summed E-state index contributed by atoms with van der Waals surface area (Å²) in [4.78, 5) is 12.4. The van der Waals surface area contributed by atoms with Crippen LogP contribution in [0.2, 0.25) is 5.02 Å². The number of aromatic nitrogens is 2. The fourth-order valence-corrected chi connectivity index (χ4v) is 2.29. The molecule has 0 spiro atoms. The summed E-state index contributed by atoms with van der Waals surface area (Å²) in [6.07, 6.45) is 1.68. The highest BCUT2D eigenvalue weighted by atomic mass is 35.5. The molecule has 5 heteroatoms. The van der Waals surface area contributed by atoms with Crippen LogP contribution in [0.15, 0.2) is 53.5 Å². The third-order valence-electron chi connectivity index (χ3n) is 3.15. The fourth-order valence-electron chi connectivity index (χ4n) is 2.12. The number of anilines is 1. The Labute approximate surface area is 120 Å². The van der Waals surface area contributed by atoms with E-state index in [-0.39, 0.29) is 5.56 Å². The minimum atomic E-state index is -0.137. The van der Waals surface area contributed by atoms with E-state index in [9.17, 15) is 4.79 Å². The zero-order chi connectivity index (χ0) is 14.1. The van der Waals surface area contributed by atoms with Gasteiger partial charge in [0.05, 0.1) is 18.1 Å². The van der Waals surface area contributed by atoms with Crippen LogP contribution in [0.25, 0.3) is 10.8 Å². The van der Waals surface area contributed by atoms with Crippen molar-refractivity contribution in [3.05, 3.63) is 69.6 Å². The molecule has 3 aromatic rings. The lowest BCUT2D eigenvalue weighted by Gasteiger charge is -2.08. The van der Waals surface area contributed by atoms with Gasteiger partial charge in [0.1, 0.15) is 0 Å². The van der Waals surface area contributed by atoms with Gasteiger partial charge in [0.2, 0.25) is 0 Å². The van der Waals surface area contributed by atoms with Crippen molar-refractivity contribution in [2.75, 3.05) is 5.73 Å². The Morgan fingerprint density at radius 3 is 2.85 bits per heavy atom. The highest BCUT2D eigenvalue weighted by Crippen LogP contribution is 2.19. The van der Waals surface area contributed by atoms with Gasteiger partial charge in [-0.2, -0.15) is 5.10 Å². The summed E-state index contributed by atoms with van der Waals surface area (Å²) in [5, 5.41) is 6.22. The molecule has 0 aliphatic rings. The molecule has 0 bridgehead atoms. The van der Waals surface area contributed by atoms with Crippen LogP contribution in [0.4, 0.5) is 5.69 Å². The summed E-state index contributed by atoms with van der Waals surface area (Å²) in [5.41, 5.74) is 6.99. The molecule has 20 heavy (non-hydrogen) atoms. The van der Waals surface area contributed by atoms with E-state index in [4.69, 9.17) is 17.3 Å². The van der Waals surface area contributed by atoms with Gasteiger partial charge in [-0.25, -0.2) is 4.68 Å². The molecule has 3 rings (SSSR count). The molecular formula is C15H12ClN3O. The maximum absolute atomic E-state index is 12.4. The van der Waals surface area contributed by atoms with E-state index in [1.165, 1.54) is 4.68 Å². The van der Waals surface area contributed by atoms with Crippen molar-refractivity contribution in [2.45, 2.75) is 6.54 Å². The summed E-state index contributed by atoms with van der Waals surface area (Å²) < 4.78 is 1.39. The number of fused-ring (bicyclic) bond motifs is 1. The first-order chi connectivity index (χ1) is 9.65. The summed E-state index contributed by atoms with van der Waals surface area (Å²) in [6, 6.07) is 12.6. The van der Waals surface area contributed by atoms with Crippen LogP contribution in [0.3, 0.4) is 0 Å². The molecule has 0 fully saturated rings. The number of nitrogens with zero attached hydrogens (tertiary/aromatic N) is 2. The quantitative estimate of drug-likeness (QED) is 0.737. The van der Waals surface area contributed by atoms with Gasteiger partial charge in [-0.1, -0.05) is 29.8 Å². The Morgan fingerprint density at radius 1 is 1.20 bits per heavy atom. The summed E-state index contributed by atoms with van der Waals surface area (Å²) in [6.45, 7) is 0.299. The molecule has 2 N–H and O–H groups in total. The second-order valence-electron chi connectivity index (χ2n) is 4.55. The summed E-state index contributed by atoms with van der Waals surface area (Å²) >= 11 is 6.12. The van der Waals surface area contributed by atoms with E-state index < -0.39 is 0 Å². The SMILES string of the molecule is Nc1ccc(Cl)c(Cn2ncc3ccccc3c2=O)c1. The maximum Gasteiger partial charge on any atom is 0.274 e. The predicted octanol–water partition coefficient (Wildman–Crippen LogP) is 2.68. The Morgan fingerprint density at radius 2 is 2.00 bits per heavy atom. The van der Waals surface area contributed by atoms with Crippen LogP contribution in [0, 0.1) is 0 Å². The smallest absolute Gasteiger partial charge is 0.274 e. The van der Waals surface area contributed by atoms with Crippen molar-refractivity contribution in [3.8, 4) is 0 Å². The van der Waals surface area contributed by atoms with Gasteiger partial charge >= 0.3 is 0 Å². The number of rotatable bonds is 2. The fraction of sp³-hybridized carbons (Fsp3) is 0.0667. The Bertz CT molecular complexity index is 842. The van der Waals surface area contributed by atoms with Crippen molar-refractivity contribution in [1.82, 2.24) is 9.78 Å². The topological polar surface area (TPSA) is 60.9 Å². The Kier molecular flexibility index (Phi) is 3.16. The summed E-state index contributed by atoms with van der Waals surface area (Å²) in [7, 11) is 0. The molecular weight excluding hydrogens is 274 g/mol. The largest absolute Gasteiger partial charge is 0.399 e. The van der Waals surface area contributed by atoms with Crippen LogP contribution >= 0.6 is 11.6 Å². The Balaban J connectivity index is 2.09. The van der Waals surface area contributed by atoms with Crippen molar-refractivity contribution in [1.29, 1.82) is 0 Å². The average Bonchev–Trinajstić information content (AvgIpc) is 2.46. The van der Waals surface area contributed by atoms with Crippen LogP contribution < -0.4 is 11.3 Å². The second-order valence-corrected chi connectivity index (χ2v) is 4.95. The average molecular weight is 286 g/mol. The van der Waals surface area contributed by atoms with Gasteiger partial charge in [-0.15, -0.1) is 0 Å². The third kappa shape index (κ3) is 2.26. The molecule has 0 radical (unpaired) electrons. The molecule has 0 aliphatic carbocycles. The second kappa shape index (κ2) is 4.98. The van der Waals surface area contributed by atoms with E-state index in [1.54, 1.807) is 30.5 Å². The van der Waals surface area contributed by atoms with Crippen LogP contribution in [0.1, 0.15) is 5.56 Å². The van der Waals surface area contributed by atoms with Gasteiger partial charge in [-0.3, -0.25) is 4.79 Å². The zero-order valence-electron chi connectivity index (χ0n) is 10.6. The maximum atomic E-state index is 12.4. The van der Waals surface area contributed by atoms with Gasteiger partial charge in [0.15, 0.2) is 0 Å². The molecule has 0 atom stereocenters. The number of halogens is 1. The van der Waals surface area contributed by atoms with Gasteiger partial charge in [0.25, 0.3) is 5.56 Å². The molecule has 0 aliphatic heterocycles. The minimum Gasteiger partial charge on any atom is -0.399 e. The lowest BCUT2D eigenvalue weighted by Crippen LogP contribution is -2.23. The predicted molar refractivity (Wildman–Crippen MR) is 81.0 cm³/mol. The van der Waals surface area contributed by atoms with E-state index in [0.29, 0.717) is 22.6 Å². The number of nitrogen functional groups attached to an aromatic ring is 1. The van der Waals surface area contributed by atoms with Gasteiger partial charge in [0, 0.05) is 16.1 Å². The van der Waals surface area contributed by atoms with Crippen LogP contribution in [-0.2, 0) is 6.54 Å². The van der Waals surface area contributed by atoms with Gasteiger partial charge in [-0.05, 0) is 29.8 Å². The van der Waals surface area contributed by atoms with E-state index >= 15 is 0 Å². The molecule has 0 amide bonds. The lowest BCUT2D eigenvalue weighted by atomic mass is 10.2. The van der Waals surface area contributed by atoms with Crippen LogP contribution in [-0.4, -0.2) is 9.78 Å². The van der Waals surface area contributed by atoms with Crippen LogP contribution in [0.5, 0.6) is 0 Å². The van der Waals surface area contributed by atoms with Gasteiger partial charge < -0.3 is 5.73 Å². The Hall–Kier alpha value is -2.33. The molecule has 100 valence electrons. The van der Waals surface area contributed by atoms with E-state index in [0.717, 1.165) is 10.9 Å². The summed E-state index contributed by atoms with van der Waals surface area (Å²) in [5.74, 6) is 0. The molecule has 1 heterocycles. The number of hydrogen-bond donors (Lipinski definition) is 1. The first kappa shape index (κ1) is 12.7. The highest BCUT2D eigenvalue weighted by Gasteiger charge is 2.07. The monoisotopic (exact) mass is 285 g/mol. The number of nitrogens with two attached hydrogens (primary N) is 1. The standard InChI is InChI=1S/C15H12ClN3O/c16-14-6-5-12(17)7-11(14)9-19-15(20)13-4-2-1-3-10(13)8-18-19/h1-8H,9,17H2. The normalized spacial score (nSPS) is 10.8. The van der Waals surface area contributed by atoms with Crippen molar-refractivity contribution < 1.29 is 0 Å². The minimum absolute atomic E-state index is 0.137. The molecule has 2 aromatic carbocycles. The first-order valence-electron chi connectivity index (χ1n) is 6.14. The van der Waals surface area contributed by atoms with Crippen molar-refractivity contribution in [2.24, 2.45) is 0 Å². The third-order valence-corrected chi connectivity index (χ3v) is 3.52. The zero-order valence-corrected chi connectivity index (χ0v) is 11.3. The number of benzene rings is 2. The lowest BCUT2D eigenvalue weighted by molar-refractivity contribution is 0.647. The van der Waals surface area contributed by atoms with Crippen molar-refractivity contribution >= 4 is 28.1 Å². The van der Waals surface area contributed by atoms with Crippen molar-refractivity contribution in [3.63, 3.8) is 0 Å².